The van der Waals surface area contributed by atoms with Crippen molar-refractivity contribution in [1.29, 1.82) is 0 Å². The number of hydrogen-bond acceptors (Lipinski definition) is 2. The molecule has 1 saturated carbocycles. The van der Waals surface area contributed by atoms with Crippen LogP contribution in [0.25, 0.3) is 0 Å². The lowest BCUT2D eigenvalue weighted by molar-refractivity contribution is 0.309. The molecule has 1 N–H and O–H groups in total. The van der Waals surface area contributed by atoms with Crippen LogP contribution in [0.1, 0.15) is 37.7 Å². The molecule has 76 valence electrons. The fourth-order valence-corrected chi connectivity index (χ4v) is 2.07. The van der Waals surface area contributed by atoms with E-state index in [1.54, 1.807) is 0 Å². The fraction of sp³-hybridized carbons (Fsp3) is 0.636. The lowest BCUT2D eigenvalue weighted by Crippen LogP contribution is -2.15. The zero-order valence-corrected chi connectivity index (χ0v) is 9.36. The van der Waals surface area contributed by atoms with Gasteiger partial charge in [-0.3, -0.25) is 0 Å². The largest absolute Gasteiger partial charge is 0.347 e. The van der Waals surface area contributed by atoms with Crippen LogP contribution in [0.4, 0.5) is 0 Å². The molecule has 1 heterocycles. The quantitative estimate of drug-likeness (QED) is 0.773. The Balaban J connectivity index is 2.15. The summed E-state index contributed by atoms with van der Waals surface area (Å²) < 4.78 is 0.731. The van der Waals surface area contributed by atoms with E-state index in [-0.39, 0.29) is 0 Å². The zero-order chi connectivity index (χ0) is 9.97. The minimum atomic E-state index is 0.731. The van der Waals surface area contributed by atoms with Gasteiger partial charge in [-0.25, -0.2) is 4.98 Å². The molecule has 0 radical (unpaired) electrons. The normalized spacial score (nSPS) is 16.6. The molecule has 0 atom stereocenters. The minimum absolute atomic E-state index is 0.731. The van der Waals surface area contributed by atoms with Crippen molar-refractivity contribution in [3.05, 3.63) is 22.2 Å². The van der Waals surface area contributed by atoms with Crippen molar-refractivity contribution in [2.24, 2.45) is 5.92 Å². The molecule has 1 aliphatic rings. The highest BCUT2D eigenvalue weighted by molar-refractivity contribution is 7.71. The van der Waals surface area contributed by atoms with Crippen LogP contribution in [0.3, 0.4) is 0 Å². The first-order valence-electron chi connectivity index (χ1n) is 5.37. The summed E-state index contributed by atoms with van der Waals surface area (Å²) in [7, 11) is 0. The molecule has 0 spiro atoms. The van der Waals surface area contributed by atoms with Gasteiger partial charge in [-0.1, -0.05) is 38.4 Å². The molecule has 0 saturated heterocycles. The zero-order valence-electron chi connectivity index (χ0n) is 8.55. The number of nitrogens with one attached hydrogen (secondary N) is 1. The Kier molecular flexibility index (Phi) is 2.96. The van der Waals surface area contributed by atoms with E-state index < -0.39 is 0 Å². The number of aryl methyl sites for hydroxylation is 1. The summed E-state index contributed by atoms with van der Waals surface area (Å²) in [6, 6.07) is 1.96. The Morgan fingerprint density at radius 3 is 2.93 bits per heavy atom. The maximum atomic E-state index is 5.13. The van der Waals surface area contributed by atoms with Crippen LogP contribution in [0.15, 0.2) is 6.07 Å². The molecule has 0 bridgehead atoms. The summed E-state index contributed by atoms with van der Waals surface area (Å²) >= 11 is 5.13. The first-order valence-corrected chi connectivity index (χ1v) is 5.78. The van der Waals surface area contributed by atoms with Gasteiger partial charge < -0.3 is 4.98 Å². The number of hydrogen-bond donors (Lipinski definition) is 1. The van der Waals surface area contributed by atoms with Gasteiger partial charge in [-0.2, -0.15) is 0 Å². The smallest absolute Gasteiger partial charge is 0.129 e. The van der Waals surface area contributed by atoms with E-state index in [1.165, 1.54) is 25.0 Å². The monoisotopic (exact) mass is 208 g/mol. The maximum Gasteiger partial charge on any atom is 0.129 e. The topological polar surface area (TPSA) is 28.7 Å². The lowest BCUT2D eigenvalue weighted by atomic mass is 9.83. The molecule has 3 heteroatoms. The van der Waals surface area contributed by atoms with Crippen molar-refractivity contribution in [3.63, 3.8) is 0 Å². The second-order valence-corrected chi connectivity index (χ2v) is 4.46. The Bertz CT molecular complexity index is 366. The number of nitrogens with zero attached hydrogens (tertiary/aromatic N) is 1. The molecular formula is C11H16N2S. The van der Waals surface area contributed by atoms with Gasteiger partial charge >= 0.3 is 0 Å². The Morgan fingerprint density at radius 1 is 1.57 bits per heavy atom. The predicted molar refractivity (Wildman–Crippen MR) is 59.8 cm³/mol. The van der Waals surface area contributed by atoms with Crippen LogP contribution in [0, 0.1) is 10.6 Å². The second-order valence-electron chi connectivity index (χ2n) is 4.05. The summed E-state index contributed by atoms with van der Waals surface area (Å²) in [5, 5.41) is 0. The summed E-state index contributed by atoms with van der Waals surface area (Å²) in [5.41, 5.74) is 1.21. The fourth-order valence-electron chi connectivity index (χ4n) is 1.82. The van der Waals surface area contributed by atoms with Gasteiger partial charge in [0.05, 0.1) is 0 Å². The van der Waals surface area contributed by atoms with E-state index in [2.05, 4.69) is 16.9 Å². The van der Waals surface area contributed by atoms with E-state index in [9.17, 15) is 0 Å². The third-order valence-electron chi connectivity index (χ3n) is 2.94. The second kappa shape index (κ2) is 4.22. The maximum absolute atomic E-state index is 5.13. The van der Waals surface area contributed by atoms with E-state index in [4.69, 9.17) is 12.2 Å². The first kappa shape index (κ1) is 9.84. The van der Waals surface area contributed by atoms with Crippen LogP contribution in [0.2, 0.25) is 0 Å². The summed E-state index contributed by atoms with van der Waals surface area (Å²) in [6.45, 7) is 2.13. The van der Waals surface area contributed by atoms with Gasteiger partial charge in [0.25, 0.3) is 0 Å². The Morgan fingerprint density at radius 2 is 2.36 bits per heavy atom. The highest BCUT2D eigenvalue weighted by Gasteiger charge is 2.18. The van der Waals surface area contributed by atoms with E-state index in [1.807, 2.05) is 6.07 Å². The van der Waals surface area contributed by atoms with Crippen LogP contribution in [0.5, 0.6) is 0 Å². The highest BCUT2D eigenvalue weighted by atomic mass is 32.1. The van der Waals surface area contributed by atoms with Gasteiger partial charge in [0.15, 0.2) is 0 Å². The van der Waals surface area contributed by atoms with Gasteiger partial charge in [0.1, 0.15) is 10.5 Å². The molecule has 1 aromatic heterocycles. The first-order chi connectivity index (χ1) is 6.78. The lowest BCUT2D eigenvalue weighted by Gasteiger charge is -2.24. The third-order valence-corrected chi connectivity index (χ3v) is 3.14. The van der Waals surface area contributed by atoms with Gasteiger partial charge in [-0.05, 0) is 18.4 Å². The molecule has 0 amide bonds. The number of aromatic nitrogens is 2. The average Bonchev–Trinajstić information content (AvgIpc) is 2.10. The van der Waals surface area contributed by atoms with Crippen LogP contribution < -0.4 is 0 Å². The average molecular weight is 208 g/mol. The van der Waals surface area contributed by atoms with Gasteiger partial charge in [0.2, 0.25) is 0 Å². The highest BCUT2D eigenvalue weighted by Crippen LogP contribution is 2.28. The van der Waals surface area contributed by atoms with E-state index in [0.717, 1.165) is 29.2 Å². The Labute approximate surface area is 89.8 Å². The molecule has 2 nitrogen and oxygen atoms in total. The van der Waals surface area contributed by atoms with Crippen LogP contribution in [-0.2, 0) is 12.8 Å². The van der Waals surface area contributed by atoms with Crippen molar-refractivity contribution in [1.82, 2.24) is 9.97 Å². The predicted octanol–water partition coefficient (Wildman–Crippen LogP) is 3.04. The number of H-pyrrole nitrogens is 1. The van der Waals surface area contributed by atoms with E-state index in [0.29, 0.717) is 0 Å². The minimum Gasteiger partial charge on any atom is -0.347 e. The molecule has 2 rings (SSSR count). The molecule has 1 fully saturated rings. The molecule has 1 aromatic rings. The van der Waals surface area contributed by atoms with Crippen molar-refractivity contribution < 1.29 is 0 Å². The van der Waals surface area contributed by atoms with Crippen molar-refractivity contribution in [3.8, 4) is 0 Å². The van der Waals surface area contributed by atoms with Crippen molar-refractivity contribution in [2.75, 3.05) is 0 Å². The van der Waals surface area contributed by atoms with Crippen molar-refractivity contribution >= 4 is 12.2 Å². The van der Waals surface area contributed by atoms with Gasteiger partial charge in [-0.15, -0.1) is 0 Å². The molecule has 0 aliphatic heterocycles. The summed E-state index contributed by atoms with van der Waals surface area (Å²) in [5.74, 6) is 1.93. The van der Waals surface area contributed by atoms with Gasteiger partial charge in [0, 0.05) is 12.1 Å². The van der Waals surface area contributed by atoms with Crippen molar-refractivity contribution in [2.45, 2.75) is 39.0 Å². The third kappa shape index (κ3) is 2.21. The SMILES string of the molecule is CCc1cc(=S)nc(CC2CCC2)[nH]1. The standard InChI is InChI=1S/C11H16N2S/c1-2-9-7-11(14)13-10(12-9)6-8-4-3-5-8/h7-8H,2-6H2,1H3,(H,12,13,14). The molecule has 14 heavy (non-hydrogen) atoms. The summed E-state index contributed by atoms with van der Waals surface area (Å²) in [6.07, 6.45) is 6.19. The molecular weight excluding hydrogens is 192 g/mol. The molecule has 1 aliphatic carbocycles. The Hall–Kier alpha value is -0.700. The van der Waals surface area contributed by atoms with Crippen LogP contribution in [-0.4, -0.2) is 9.97 Å². The number of rotatable bonds is 3. The molecule has 0 unspecified atom stereocenters. The number of aromatic amines is 1. The van der Waals surface area contributed by atoms with E-state index >= 15 is 0 Å². The molecule has 0 aromatic carbocycles. The van der Waals surface area contributed by atoms with Crippen LogP contribution >= 0.6 is 12.2 Å². The summed E-state index contributed by atoms with van der Waals surface area (Å²) in [4.78, 5) is 7.72.